The van der Waals surface area contributed by atoms with Gasteiger partial charge in [-0.05, 0) is 22.3 Å². The smallest absolute Gasteiger partial charge is 0.240 e. The number of nitrogens with zero attached hydrogens (tertiary/aromatic N) is 4. The molecule has 138 valence electrons. The number of aryl methyl sites for hydroxylation is 2. The molecule has 0 amide bonds. The predicted molar refractivity (Wildman–Crippen MR) is 106 cm³/mol. The fourth-order valence-electron chi connectivity index (χ4n) is 5.61. The van der Waals surface area contributed by atoms with E-state index in [2.05, 4.69) is 118 Å². The lowest BCUT2D eigenvalue weighted by atomic mass is 9.59. The van der Waals surface area contributed by atoms with E-state index in [0.717, 1.165) is 0 Å². The molecule has 3 aliphatic carbocycles. The highest BCUT2D eigenvalue weighted by molar-refractivity contribution is 5.57. The Kier molecular flexibility index (Phi) is 3.22. The van der Waals surface area contributed by atoms with Gasteiger partial charge in [0, 0.05) is 0 Å². The van der Waals surface area contributed by atoms with Crippen LogP contribution in [0.1, 0.15) is 46.2 Å². The largest absolute Gasteiger partial charge is 0.243 e. The van der Waals surface area contributed by atoms with E-state index in [9.17, 15) is 0 Å². The van der Waals surface area contributed by atoms with Gasteiger partial charge < -0.3 is 0 Å². The molecule has 2 aromatic heterocycles. The van der Waals surface area contributed by atoms with Gasteiger partial charge in [-0.25, -0.2) is 18.3 Å². The van der Waals surface area contributed by atoms with Gasteiger partial charge >= 0.3 is 0 Å². The first kappa shape index (κ1) is 15.9. The molecule has 2 heterocycles. The van der Waals surface area contributed by atoms with E-state index < -0.39 is 0 Å². The molecule has 28 heavy (non-hydrogen) atoms. The van der Waals surface area contributed by atoms with E-state index >= 15 is 0 Å². The van der Waals surface area contributed by atoms with Crippen LogP contribution >= 0.6 is 0 Å². The van der Waals surface area contributed by atoms with Crippen molar-refractivity contribution in [3.63, 3.8) is 0 Å². The second-order valence-corrected chi connectivity index (χ2v) is 8.25. The molecule has 0 radical (unpaired) electrons. The number of hydrogen-bond acceptors (Lipinski definition) is 0. The summed E-state index contributed by atoms with van der Waals surface area (Å²) in [6.45, 7) is 0. The van der Waals surface area contributed by atoms with Gasteiger partial charge in [0.25, 0.3) is 0 Å². The van der Waals surface area contributed by atoms with Crippen molar-refractivity contribution in [2.75, 3.05) is 0 Å². The van der Waals surface area contributed by atoms with Crippen LogP contribution in [0.15, 0.2) is 86.0 Å². The van der Waals surface area contributed by atoms with E-state index in [0.29, 0.717) is 23.9 Å². The summed E-state index contributed by atoms with van der Waals surface area (Å²) in [7, 11) is 4.20. The Balaban J connectivity index is 1.67. The number of aromatic nitrogens is 4. The van der Waals surface area contributed by atoms with Crippen molar-refractivity contribution < 1.29 is 9.13 Å². The number of imidazole rings is 2. The molecule has 4 nitrogen and oxygen atoms in total. The highest BCUT2D eigenvalue weighted by Crippen LogP contribution is 2.61. The molecule has 0 aliphatic heterocycles. The molecule has 7 rings (SSSR count). The highest BCUT2D eigenvalue weighted by atomic mass is 15.2. The average Bonchev–Trinajstić information content (AvgIpc) is 3.35. The van der Waals surface area contributed by atoms with Crippen LogP contribution < -0.4 is 9.13 Å². The molecule has 0 spiro atoms. The van der Waals surface area contributed by atoms with E-state index in [1.807, 2.05) is 0 Å². The van der Waals surface area contributed by atoms with Crippen molar-refractivity contribution in [2.45, 2.75) is 23.9 Å². The molecular formula is C24H24N4+2. The van der Waals surface area contributed by atoms with Crippen LogP contribution in [0, 0.1) is 0 Å². The van der Waals surface area contributed by atoms with Gasteiger partial charge in [0.15, 0.2) is 12.1 Å². The van der Waals surface area contributed by atoms with E-state index in [4.69, 9.17) is 0 Å². The minimum absolute atomic E-state index is 0.336. The summed E-state index contributed by atoms with van der Waals surface area (Å²) in [6.07, 6.45) is 13.2. The van der Waals surface area contributed by atoms with Gasteiger partial charge in [0.1, 0.15) is 24.8 Å². The standard InChI is InChI=1S/C24H24N4/c1-25-11-13-27(15-25)23-21-17-7-3-5-9-19(17)22(20-10-6-4-8-18(20)21)24(23)28-14-12-26(2)16-28/h3-16,21-24H,1-2H3/q+2/t21?,22?,23-,24-/m1/s1. The van der Waals surface area contributed by atoms with Crippen LogP contribution in [0.3, 0.4) is 0 Å². The van der Waals surface area contributed by atoms with Crippen molar-refractivity contribution in [2.24, 2.45) is 14.1 Å². The summed E-state index contributed by atoms with van der Waals surface area (Å²) < 4.78 is 9.14. The second kappa shape index (κ2) is 5.68. The van der Waals surface area contributed by atoms with Gasteiger partial charge in [0.05, 0.1) is 25.9 Å². The Morgan fingerprint density at radius 1 is 0.607 bits per heavy atom. The molecular weight excluding hydrogens is 344 g/mol. The normalized spacial score (nSPS) is 24.8. The maximum absolute atomic E-state index is 2.42. The summed E-state index contributed by atoms with van der Waals surface area (Å²) in [5.74, 6) is 0.699. The summed E-state index contributed by atoms with van der Waals surface area (Å²) in [5.41, 5.74) is 5.95. The van der Waals surface area contributed by atoms with E-state index in [1.54, 1.807) is 0 Å². The lowest BCUT2D eigenvalue weighted by Crippen LogP contribution is -2.42. The zero-order valence-corrected chi connectivity index (χ0v) is 16.2. The summed E-state index contributed by atoms with van der Waals surface area (Å²) in [5, 5.41) is 0. The Bertz CT molecular complexity index is 1040. The van der Waals surface area contributed by atoms with Crippen LogP contribution in [0.4, 0.5) is 0 Å². The number of fused-ring (bicyclic) bond motifs is 1. The monoisotopic (exact) mass is 368 g/mol. The van der Waals surface area contributed by atoms with Crippen LogP contribution in [0.5, 0.6) is 0 Å². The van der Waals surface area contributed by atoms with Gasteiger partial charge in [-0.15, -0.1) is 0 Å². The third-order valence-corrected chi connectivity index (χ3v) is 6.63. The predicted octanol–water partition coefficient (Wildman–Crippen LogP) is 3.01. The number of rotatable bonds is 2. The molecule has 4 heteroatoms. The minimum atomic E-state index is 0.336. The molecule has 0 fully saturated rings. The first-order valence-corrected chi connectivity index (χ1v) is 9.95. The minimum Gasteiger partial charge on any atom is -0.240 e. The summed E-state index contributed by atoms with van der Waals surface area (Å²) in [4.78, 5) is 0. The van der Waals surface area contributed by atoms with Crippen molar-refractivity contribution >= 4 is 0 Å². The molecule has 0 saturated carbocycles. The van der Waals surface area contributed by atoms with Crippen LogP contribution in [0.2, 0.25) is 0 Å². The van der Waals surface area contributed by atoms with Crippen LogP contribution in [-0.4, -0.2) is 9.13 Å². The first-order chi connectivity index (χ1) is 13.7. The highest BCUT2D eigenvalue weighted by Gasteiger charge is 2.55. The van der Waals surface area contributed by atoms with Crippen molar-refractivity contribution in [3.05, 3.63) is 108 Å². The van der Waals surface area contributed by atoms with Gasteiger partial charge in [-0.3, -0.25) is 0 Å². The van der Waals surface area contributed by atoms with Crippen LogP contribution in [0.25, 0.3) is 0 Å². The molecule has 0 saturated heterocycles. The zero-order valence-electron chi connectivity index (χ0n) is 16.2. The Hall–Kier alpha value is -3.14. The molecule has 0 unspecified atom stereocenters. The fraction of sp³-hybridized carbons (Fsp3) is 0.250. The lowest BCUT2D eigenvalue weighted by molar-refractivity contribution is -0.671. The van der Waals surface area contributed by atoms with Crippen LogP contribution in [-0.2, 0) is 14.1 Å². The molecule has 2 atom stereocenters. The Morgan fingerprint density at radius 3 is 1.25 bits per heavy atom. The van der Waals surface area contributed by atoms with Crippen molar-refractivity contribution in [1.29, 1.82) is 0 Å². The van der Waals surface area contributed by atoms with Crippen molar-refractivity contribution in [3.8, 4) is 0 Å². The molecule has 2 bridgehead atoms. The second-order valence-electron chi connectivity index (χ2n) is 8.25. The first-order valence-electron chi connectivity index (χ1n) is 9.95. The summed E-state index contributed by atoms with van der Waals surface area (Å²) in [6, 6.07) is 18.8. The Morgan fingerprint density at radius 2 is 0.964 bits per heavy atom. The van der Waals surface area contributed by atoms with Crippen molar-refractivity contribution in [1.82, 2.24) is 9.13 Å². The summed E-state index contributed by atoms with van der Waals surface area (Å²) >= 11 is 0. The van der Waals surface area contributed by atoms with Gasteiger partial charge in [0.2, 0.25) is 12.7 Å². The van der Waals surface area contributed by atoms with Gasteiger partial charge in [-0.1, -0.05) is 48.5 Å². The maximum Gasteiger partial charge on any atom is 0.243 e. The molecule has 0 N–H and O–H groups in total. The SMILES string of the molecule is C[n+]1ccn([C@@H]2C3c4ccccc4C(c4ccccc43)[C@H]2n2cc[n+](C)c2)c1. The molecule has 3 aliphatic rings. The quantitative estimate of drug-likeness (QED) is 0.484. The zero-order chi connectivity index (χ0) is 18.8. The fourth-order valence-corrected chi connectivity index (χ4v) is 5.61. The molecule has 2 aromatic carbocycles. The maximum atomic E-state index is 2.42. The topological polar surface area (TPSA) is 17.6 Å². The average molecular weight is 368 g/mol. The Labute approximate surface area is 164 Å². The van der Waals surface area contributed by atoms with Gasteiger partial charge in [-0.2, -0.15) is 0 Å². The number of hydrogen-bond donors (Lipinski definition) is 0. The molecule has 4 aromatic rings. The number of benzene rings is 2. The third-order valence-electron chi connectivity index (χ3n) is 6.63. The van der Waals surface area contributed by atoms with E-state index in [1.165, 1.54) is 22.3 Å². The lowest BCUT2D eigenvalue weighted by Gasteiger charge is -2.47. The third kappa shape index (κ3) is 2.06. The van der Waals surface area contributed by atoms with E-state index in [-0.39, 0.29) is 0 Å².